The van der Waals surface area contributed by atoms with Crippen LogP contribution in [0.25, 0.3) is 0 Å². The average molecular weight is 424 g/mol. The molecule has 1 aromatic carbocycles. The van der Waals surface area contributed by atoms with Crippen molar-refractivity contribution in [2.45, 2.75) is 30.0 Å². The van der Waals surface area contributed by atoms with Crippen LogP contribution < -0.4 is 5.73 Å². The van der Waals surface area contributed by atoms with E-state index in [1.807, 2.05) is 0 Å². The molecule has 0 aliphatic carbocycles. The summed E-state index contributed by atoms with van der Waals surface area (Å²) in [7, 11) is -3.97. The third-order valence-corrected chi connectivity index (χ3v) is 6.27. The van der Waals surface area contributed by atoms with Gasteiger partial charge in [0.15, 0.2) is 0 Å². The molecule has 0 unspecified atom stereocenters. The maximum Gasteiger partial charge on any atom is 0.416 e. The van der Waals surface area contributed by atoms with E-state index in [4.69, 9.17) is 5.73 Å². The van der Waals surface area contributed by atoms with Crippen molar-refractivity contribution in [1.82, 2.24) is 4.31 Å². The van der Waals surface area contributed by atoms with Crippen molar-refractivity contribution >= 4 is 38.4 Å². The second kappa shape index (κ2) is 7.04. The Kier molecular flexibility index (Phi) is 6.30. The van der Waals surface area contributed by atoms with Crippen molar-refractivity contribution in [3.63, 3.8) is 0 Å². The van der Waals surface area contributed by atoms with Crippen molar-refractivity contribution in [3.8, 4) is 0 Å². The molecule has 1 aromatic rings. The minimum absolute atomic E-state index is 0. The van der Waals surface area contributed by atoms with Gasteiger partial charge in [-0.3, -0.25) is 0 Å². The van der Waals surface area contributed by atoms with E-state index < -0.39 is 21.8 Å². The Balaban J connectivity index is 0.00000242. The molecular formula is C12H15BrClF3N2O2S. The second-order valence-electron chi connectivity index (χ2n) is 4.88. The van der Waals surface area contributed by atoms with Crippen LogP contribution in [0.4, 0.5) is 13.2 Å². The summed E-state index contributed by atoms with van der Waals surface area (Å²) in [6, 6.07) is 2.54. The highest BCUT2D eigenvalue weighted by Gasteiger charge is 2.35. The zero-order valence-corrected chi connectivity index (χ0v) is 14.5. The topological polar surface area (TPSA) is 63.4 Å². The lowest BCUT2D eigenvalue weighted by molar-refractivity contribution is -0.137. The number of rotatable bonds is 2. The first kappa shape index (κ1) is 19.7. The molecule has 126 valence electrons. The number of nitrogens with zero attached hydrogens (tertiary/aromatic N) is 1. The van der Waals surface area contributed by atoms with Crippen LogP contribution in [0.3, 0.4) is 0 Å². The summed E-state index contributed by atoms with van der Waals surface area (Å²) in [6.07, 6.45) is -3.60. The normalized spacial score (nSPS) is 18.0. The fourth-order valence-electron chi connectivity index (χ4n) is 2.13. The molecule has 1 fully saturated rings. The molecule has 22 heavy (non-hydrogen) atoms. The number of halogens is 5. The number of hydrogen-bond acceptors (Lipinski definition) is 3. The molecule has 4 nitrogen and oxygen atoms in total. The monoisotopic (exact) mass is 422 g/mol. The van der Waals surface area contributed by atoms with Crippen LogP contribution in [0.2, 0.25) is 0 Å². The van der Waals surface area contributed by atoms with Crippen molar-refractivity contribution in [1.29, 1.82) is 0 Å². The summed E-state index contributed by atoms with van der Waals surface area (Å²) in [5.74, 6) is 0. The fraction of sp³-hybridized carbons (Fsp3) is 0.500. The standard InChI is InChI=1S/C12H14BrF3N2O2S.ClH/c13-10-2-1-8(12(14,15)16)7-11(10)21(19,20)18-5-3-9(17)4-6-18;/h1-2,7,9H,3-6,17H2;1H. The van der Waals surface area contributed by atoms with Gasteiger partial charge in [0, 0.05) is 23.6 Å². The van der Waals surface area contributed by atoms with Gasteiger partial charge in [0.05, 0.1) is 10.5 Å². The molecule has 2 N–H and O–H groups in total. The highest BCUT2D eigenvalue weighted by atomic mass is 79.9. The highest BCUT2D eigenvalue weighted by Crippen LogP contribution is 2.34. The summed E-state index contributed by atoms with van der Waals surface area (Å²) < 4.78 is 64.5. The summed E-state index contributed by atoms with van der Waals surface area (Å²) in [6.45, 7) is 0.429. The zero-order chi connectivity index (χ0) is 15.8. The number of nitrogens with two attached hydrogens (primary N) is 1. The number of sulfonamides is 1. The molecule has 0 bridgehead atoms. The molecule has 0 saturated carbocycles. The molecule has 0 radical (unpaired) electrons. The lowest BCUT2D eigenvalue weighted by Crippen LogP contribution is -2.42. The molecule has 0 amide bonds. The van der Waals surface area contributed by atoms with Crippen LogP contribution in [0.15, 0.2) is 27.6 Å². The van der Waals surface area contributed by atoms with Crippen molar-refractivity contribution < 1.29 is 21.6 Å². The first-order valence-corrected chi connectivity index (χ1v) is 8.48. The number of benzene rings is 1. The van der Waals surface area contributed by atoms with E-state index in [9.17, 15) is 21.6 Å². The molecule has 1 aliphatic rings. The molecule has 0 spiro atoms. The predicted molar refractivity (Wildman–Crippen MR) is 82.4 cm³/mol. The summed E-state index contributed by atoms with van der Waals surface area (Å²) in [4.78, 5) is -0.368. The minimum atomic E-state index is -4.59. The summed E-state index contributed by atoms with van der Waals surface area (Å²) in [5, 5.41) is 0. The average Bonchev–Trinajstić information content (AvgIpc) is 2.38. The van der Waals surface area contributed by atoms with Gasteiger partial charge in [-0.1, -0.05) is 0 Å². The van der Waals surface area contributed by atoms with E-state index in [0.717, 1.165) is 12.1 Å². The van der Waals surface area contributed by atoms with Crippen molar-refractivity contribution in [2.75, 3.05) is 13.1 Å². The first-order valence-electron chi connectivity index (χ1n) is 6.25. The van der Waals surface area contributed by atoms with Crippen molar-refractivity contribution in [2.24, 2.45) is 5.73 Å². The Morgan fingerprint density at radius 2 is 1.77 bits per heavy atom. The molecule has 1 saturated heterocycles. The Bertz CT molecular complexity index is 632. The molecule has 1 heterocycles. The van der Waals surface area contributed by atoms with Crippen LogP contribution in [0, 0.1) is 0 Å². The van der Waals surface area contributed by atoms with E-state index in [1.54, 1.807) is 0 Å². The predicted octanol–water partition coefficient (Wildman–Crippen LogP) is 3.00. The van der Waals surface area contributed by atoms with Gasteiger partial charge in [0.25, 0.3) is 0 Å². The van der Waals surface area contributed by atoms with E-state index in [1.165, 1.54) is 4.31 Å². The Hall–Kier alpha value is -0.350. The third kappa shape index (κ3) is 4.14. The smallest absolute Gasteiger partial charge is 0.328 e. The summed E-state index contributed by atoms with van der Waals surface area (Å²) >= 11 is 3.01. The molecule has 0 aromatic heterocycles. The molecule has 2 rings (SSSR count). The SMILES string of the molecule is Cl.NC1CCN(S(=O)(=O)c2cc(C(F)(F)F)ccc2Br)CC1. The van der Waals surface area contributed by atoms with E-state index in [0.29, 0.717) is 18.9 Å². The van der Waals surface area contributed by atoms with E-state index in [-0.39, 0.29) is 40.9 Å². The van der Waals surface area contributed by atoms with Crippen LogP contribution in [-0.2, 0) is 16.2 Å². The number of alkyl halides is 3. The van der Waals surface area contributed by atoms with Gasteiger partial charge in [-0.15, -0.1) is 12.4 Å². The Morgan fingerprint density at radius 1 is 1.23 bits per heavy atom. The lowest BCUT2D eigenvalue weighted by Gasteiger charge is -2.29. The quantitative estimate of drug-likeness (QED) is 0.795. The second-order valence-corrected chi connectivity index (χ2v) is 7.65. The van der Waals surface area contributed by atoms with Gasteiger partial charge < -0.3 is 5.73 Å². The first-order chi connectivity index (χ1) is 9.62. The van der Waals surface area contributed by atoms with Crippen LogP contribution in [0.1, 0.15) is 18.4 Å². The van der Waals surface area contributed by atoms with Crippen LogP contribution in [-0.4, -0.2) is 31.9 Å². The van der Waals surface area contributed by atoms with Gasteiger partial charge in [0.1, 0.15) is 0 Å². The van der Waals surface area contributed by atoms with Gasteiger partial charge in [0.2, 0.25) is 10.0 Å². The van der Waals surface area contributed by atoms with Gasteiger partial charge in [-0.25, -0.2) is 8.42 Å². The van der Waals surface area contributed by atoms with Crippen LogP contribution in [0.5, 0.6) is 0 Å². The molecule has 1 aliphatic heterocycles. The molecule has 0 atom stereocenters. The van der Waals surface area contributed by atoms with Gasteiger partial charge in [-0.05, 0) is 47.0 Å². The highest BCUT2D eigenvalue weighted by molar-refractivity contribution is 9.10. The minimum Gasteiger partial charge on any atom is -0.328 e. The third-order valence-electron chi connectivity index (χ3n) is 3.37. The largest absolute Gasteiger partial charge is 0.416 e. The zero-order valence-electron chi connectivity index (χ0n) is 11.3. The van der Waals surface area contributed by atoms with Crippen LogP contribution >= 0.6 is 28.3 Å². The fourth-order valence-corrected chi connectivity index (χ4v) is 4.55. The van der Waals surface area contributed by atoms with Crippen molar-refractivity contribution in [3.05, 3.63) is 28.2 Å². The number of hydrogen-bond donors (Lipinski definition) is 1. The maximum absolute atomic E-state index is 12.7. The lowest BCUT2D eigenvalue weighted by atomic mass is 10.1. The Labute approximate surface area is 141 Å². The van der Waals surface area contributed by atoms with E-state index >= 15 is 0 Å². The van der Waals surface area contributed by atoms with E-state index in [2.05, 4.69) is 15.9 Å². The number of piperidine rings is 1. The van der Waals surface area contributed by atoms with Gasteiger partial charge in [-0.2, -0.15) is 17.5 Å². The molecular weight excluding hydrogens is 409 g/mol. The van der Waals surface area contributed by atoms with Gasteiger partial charge >= 0.3 is 6.18 Å². The maximum atomic E-state index is 12.7. The summed E-state index contributed by atoms with van der Waals surface area (Å²) in [5.41, 5.74) is 4.72. The Morgan fingerprint density at radius 3 is 2.27 bits per heavy atom. The molecule has 10 heteroatoms.